The van der Waals surface area contributed by atoms with Gasteiger partial charge in [-0.15, -0.1) is 0 Å². The third-order valence-electron chi connectivity index (χ3n) is 5.95. The normalized spacial score (nSPS) is 14.9. The molecule has 0 aliphatic carbocycles. The highest BCUT2D eigenvalue weighted by Gasteiger charge is 2.27. The van der Waals surface area contributed by atoms with Gasteiger partial charge in [-0.2, -0.15) is 0 Å². The predicted octanol–water partition coefficient (Wildman–Crippen LogP) is 3.13. The van der Waals surface area contributed by atoms with E-state index in [9.17, 15) is 14.4 Å². The maximum atomic E-state index is 13.1. The van der Waals surface area contributed by atoms with Crippen molar-refractivity contribution in [1.29, 1.82) is 0 Å². The molecule has 0 radical (unpaired) electrons. The average Bonchev–Trinajstić information content (AvgIpc) is 3.32. The third-order valence-corrected chi connectivity index (χ3v) is 7.02. The molecule has 32 heavy (non-hydrogen) atoms. The van der Waals surface area contributed by atoms with Crippen molar-refractivity contribution in [2.24, 2.45) is 7.05 Å². The van der Waals surface area contributed by atoms with Gasteiger partial charge in [0.05, 0.1) is 5.25 Å². The minimum Gasteiger partial charge on any atom is -0.342 e. The van der Waals surface area contributed by atoms with E-state index in [1.165, 1.54) is 18.8 Å². The number of aromatic nitrogens is 4. The highest BCUT2D eigenvalue weighted by Crippen LogP contribution is 2.28. The second-order valence-electron chi connectivity index (χ2n) is 8.55. The molecule has 0 N–H and O–H groups in total. The van der Waals surface area contributed by atoms with Crippen molar-refractivity contribution in [3.63, 3.8) is 0 Å². The Morgan fingerprint density at radius 3 is 2.44 bits per heavy atom. The first-order valence-corrected chi connectivity index (χ1v) is 12.7. The molecule has 1 aliphatic heterocycles. The van der Waals surface area contributed by atoms with E-state index in [0.29, 0.717) is 34.8 Å². The number of aryl methyl sites for hydroxylation is 2. The second-order valence-corrected chi connectivity index (χ2v) is 9.87. The fourth-order valence-corrected chi connectivity index (χ4v) is 5.16. The van der Waals surface area contributed by atoms with Crippen LogP contribution in [-0.2, 0) is 24.8 Å². The van der Waals surface area contributed by atoms with Crippen LogP contribution in [-0.4, -0.2) is 48.2 Å². The molecule has 1 atom stereocenters. The molecule has 9 heteroatoms. The van der Waals surface area contributed by atoms with Gasteiger partial charge in [-0.3, -0.25) is 18.7 Å². The van der Waals surface area contributed by atoms with Crippen LogP contribution in [0.25, 0.3) is 11.0 Å². The van der Waals surface area contributed by atoms with E-state index in [0.717, 1.165) is 62.6 Å². The predicted molar refractivity (Wildman–Crippen MR) is 128 cm³/mol. The number of hydrogen-bond acceptors (Lipinski definition) is 6. The van der Waals surface area contributed by atoms with E-state index in [2.05, 4.69) is 11.9 Å². The molecule has 0 saturated carbocycles. The van der Waals surface area contributed by atoms with Crippen LogP contribution in [0, 0.1) is 0 Å². The van der Waals surface area contributed by atoms with Crippen molar-refractivity contribution >= 4 is 28.7 Å². The lowest BCUT2D eigenvalue weighted by atomic mass is 10.1. The summed E-state index contributed by atoms with van der Waals surface area (Å²) in [4.78, 5) is 50.1. The SMILES string of the molecule is CCCCCCc1nc(SC(C)C(=O)N2CCCC2)c2c(=O)n(C)c(=O)n(CCC)c2n1. The zero-order chi connectivity index (χ0) is 23.3. The Morgan fingerprint density at radius 2 is 1.78 bits per heavy atom. The molecular formula is C23H35N5O3S. The molecule has 0 bridgehead atoms. The maximum absolute atomic E-state index is 13.1. The minimum absolute atomic E-state index is 0.0717. The summed E-state index contributed by atoms with van der Waals surface area (Å²) in [6.45, 7) is 8.07. The van der Waals surface area contributed by atoms with Crippen LogP contribution in [0.3, 0.4) is 0 Å². The number of carbonyl (C=O) groups excluding carboxylic acids is 1. The number of nitrogens with zero attached hydrogens (tertiary/aromatic N) is 5. The topological polar surface area (TPSA) is 90.1 Å². The van der Waals surface area contributed by atoms with Crippen molar-refractivity contribution in [2.75, 3.05) is 13.1 Å². The molecule has 3 rings (SSSR count). The number of hydrogen-bond donors (Lipinski definition) is 0. The van der Waals surface area contributed by atoms with Crippen LogP contribution in [0.4, 0.5) is 0 Å². The number of fused-ring (bicyclic) bond motifs is 1. The van der Waals surface area contributed by atoms with Gasteiger partial charge in [-0.25, -0.2) is 14.8 Å². The van der Waals surface area contributed by atoms with Gasteiger partial charge in [-0.1, -0.05) is 44.9 Å². The first kappa shape index (κ1) is 24.5. The van der Waals surface area contributed by atoms with Gasteiger partial charge in [0.15, 0.2) is 5.65 Å². The zero-order valence-electron chi connectivity index (χ0n) is 19.7. The highest BCUT2D eigenvalue weighted by molar-refractivity contribution is 8.00. The number of likely N-dealkylation sites (tertiary alicyclic amines) is 1. The van der Waals surface area contributed by atoms with E-state index in [-0.39, 0.29) is 16.8 Å². The Morgan fingerprint density at radius 1 is 1.06 bits per heavy atom. The van der Waals surface area contributed by atoms with Gasteiger partial charge in [0.2, 0.25) is 5.91 Å². The average molecular weight is 462 g/mol. The fraction of sp³-hybridized carbons (Fsp3) is 0.696. The Labute approximate surface area is 193 Å². The minimum atomic E-state index is -0.404. The summed E-state index contributed by atoms with van der Waals surface area (Å²) < 4.78 is 2.70. The highest BCUT2D eigenvalue weighted by atomic mass is 32.2. The van der Waals surface area contributed by atoms with Gasteiger partial charge < -0.3 is 4.90 Å². The number of unbranched alkanes of at least 4 members (excludes halogenated alkanes) is 3. The van der Waals surface area contributed by atoms with E-state index in [4.69, 9.17) is 4.98 Å². The number of thioether (sulfide) groups is 1. The molecule has 8 nitrogen and oxygen atoms in total. The van der Waals surface area contributed by atoms with Crippen molar-refractivity contribution in [3.8, 4) is 0 Å². The fourth-order valence-electron chi connectivity index (χ4n) is 4.13. The lowest BCUT2D eigenvalue weighted by Crippen LogP contribution is -2.39. The summed E-state index contributed by atoms with van der Waals surface area (Å²) in [5, 5.41) is 0.477. The van der Waals surface area contributed by atoms with Crippen LogP contribution in [0.5, 0.6) is 0 Å². The van der Waals surface area contributed by atoms with Crippen molar-refractivity contribution < 1.29 is 4.79 Å². The summed E-state index contributed by atoms with van der Waals surface area (Å²) in [5.74, 6) is 0.705. The standard InChI is InChI=1S/C23H35N5O3S/c1-5-7-8-9-12-17-24-19-18(22(30)26(4)23(31)28(19)13-6-2)20(25-17)32-16(3)21(29)27-14-10-11-15-27/h16H,5-15H2,1-4H3. The molecule has 1 aliphatic rings. The molecule has 0 spiro atoms. The molecule has 1 unspecified atom stereocenters. The van der Waals surface area contributed by atoms with E-state index < -0.39 is 5.56 Å². The molecule has 3 heterocycles. The van der Waals surface area contributed by atoms with Crippen molar-refractivity contribution in [1.82, 2.24) is 24.0 Å². The summed E-state index contributed by atoms with van der Waals surface area (Å²) in [6.07, 6.45) is 7.83. The summed E-state index contributed by atoms with van der Waals surface area (Å²) >= 11 is 1.31. The Kier molecular flexibility index (Phi) is 8.51. The number of rotatable bonds is 10. The molecule has 176 valence electrons. The quantitative estimate of drug-likeness (QED) is 0.307. The lowest BCUT2D eigenvalue weighted by molar-refractivity contribution is -0.129. The molecular weight excluding hydrogens is 426 g/mol. The van der Waals surface area contributed by atoms with Gasteiger partial charge in [0, 0.05) is 33.1 Å². The second kappa shape index (κ2) is 11.1. The monoisotopic (exact) mass is 461 g/mol. The summed E-state index contributed by atoms with van der Waals surface area (Å²) in [7, 11) is 1.49. The van der Waals surface area contributed by atoms with Crippen LogP contribution in [0.15, 0.2) is 14.6 Å². The van der Waals surface area contributed by atoms with Crippen molar-refractivity contribution in [3.05, 3.63) is 26.7 Å². The molecule has 2 aromatic rings. The number of carbonyl (C=O) groups is 1. The molecule has 1 amide bonds. The van der Waals surface area contributed by atoms with Crippen LogP contribution in [0.1, 0.15) is 71.5 Å². The lowest BCUT2D eigenvalue weighted by Gasteiger charge is -2.20. The molecule has 2 aromatic heterocycles. The van der Waals surface area contributed by atoms with Gasteiger partial charge in [0.25, 0.3) is 5.56 Å². The molecule has 1 saturated heterocycles. The van der Waals surface area contributed by atoms with Gasteiger partial charge >= 0.3 is 5.69 Å². The molecule has 0 aromatic carbocycles. The Hall–Kier alpha value is -2.16. The maximum Gasteiger partial charge on any atom is 0.332 e. The first-order valence-electron chi connectivity index (χ1n) is 11.8. The van der Waals surface area contributed by atoms with Gasteiger partial charge in [-0.05, 0) is 32.6 Å². The Balaban J connectivity index is 2.07. The Bertz CT molecular complexity index is 1070. The smallest absolute Gasteiger partial charge is 0.332 e. The van der Waals surface area contributed by atoms with Crippen LogP contribution in [0.2, 0.25) is 0 Å². The number of amides is 1. The summed E-state index contributed by atoms with van der Waals surface area (Å²) in [6, 6.07) is 0. The van der Waals surface area contributed by atoms with Crippen LogP contribution < -0.4 is 11.2 Å². The van der Waals surface area contributed by atoms with E-state index >= 15 is 0 Å². The van der Waals surface area contributed by atoms with E-state index in [1.54, 1.807) is 4.57 Å². The zero-order valence-corrected chi connectivity index (χ0v) is 20.5. The first-order chi connectivity index (χ1) is 15.4. The van der Waals surface area contributed by atoms with E-state index in [1.807, 2.05) is 18.7 Å². The van der Waals surface area contributed by atoms with Gasteiger partial charge in [0.1, 0.15) is 16.2 Å². The summed E-state index contributed by atoms with van der Waals surface area (Å²) in [5.41, 5.74) is -0.376. The molecule has 1 fully saturated rings. The van der Waals surface area contributed by atoms with Crippen molar-refractivity contribution in [2.45, 2.75) is 89.0 Å². The van der Waals surface area contributed by atoms with Crippen LogP contribution >= 0.6 is 11.8 Å². The third kappa shape index (κ3) is 5.24. The largest absolute Gasteiger partial charge is 0.342 e.